The molecule has 0 atom stereocenters. The third-order valence-electron chi connectivity index (χ3n) is 3.65. The summed E-state index contributed by atoms with van der Waals surface area (Å²) in [4.78, 5) is 0. The van der Waals surface area contributed by atoms with Crippen LogP contribution in [0, 0.1) is 5.92 Å². The van der Waals surface area contributed by atoms with E-state index in [4.69, 9.17) is 0 Å². The molecule has 2 aliphatic carbocycles. The predicted molar refractivity (Wildman–Crippen MR) is 64.4 cm³/mol. The van der Waals surface area contributed by atoms with Crippen LogP contribution in [0.4, 0.5) is 5.69 Å². The van der Waals surface area contributed by atoms with Crippen LogP contribution >= 0.6 is 0 Å². The Morgan fingerprint density at radius 3 is 2.60 bits per heavy atom. The molecule has 1 aromatic rings. The minimum Gasteiger partial charge on any atom is -0.388 e. The minimum absolute atomic E-state index is 0.883. The fourth-order valence-corrected chi connectivity index (χ4v) is 2.33. The summed E-state index contributed by atoms with van der Waals surface area (Å²) in [5.41, 5.74) is 4.46. The molecule has 1 N–H and O–H groups in total. The van der Waals surface area contributed by atoms with Gasteiger partial charge in [0.1, 0.15) is 0 Å². The summed E-state index contributed by atoms with van der Waals surface area (Å²) < 4.78 is 0. The molecule has 15 heavy (non-hydrogen) atoms. The molecule has 0 radical (unpaired) electrons. The van der Waals surface area contributed by atoms with E-state index < -0.39 is 0 Å². The highest BCUT2D eigenvalue weighted by Crippen LogP contribution is 2.42. The van der Waals surface area contributed by atoms with Gasteiger partial charge in [-0.2, -0.15) is 0 Å². The van der Waals surface area contributed by atoms with Crippen molar-refractivity contribution in [3.8, 4) is 0 Å². The average molecular weight is 201 g/mol. The molecule has 0 saturated heterocycles. The number of benzene rings is 1. The number of hydrogen-bond acceptors (Lipinski definition) is 1. The van der Waals surface area contributed by atoms with Gasteiger partial charge in [-0.3, -0.25) is 0 Å². The van der Waals surface area contributed by atoms with Crippen molar-refractivity contribution in [1.82, 2.24) is 0 Å². The Labute approximate surface area is 91.9 Å². The normalized spacial score (nSPS) is 20.3. The second-order valence-electron chi connectivity index (χ2n) is 5.09. The van der Waals surface area contributed by atoms with Crippen molar-refractivity contribution < 1.29 is 0 Å². The van der Waals surface area contributed by atoms with Gasteiger partial charge in [0, 0.05) is 12.7 Å². The van der Waals surface area contributed by atoms with Crippen LogP contribution in [-0.2, 0) is 6.42 Å². The van der Waals surface area contributed by atoms with E-state index in [-0.39, 0.29) is 0 Å². The van der Waals surface area contributed by atoms with Gasteiger partial charge in [-0.15, -0.1) is 0 Å². The summed E-state index contributed by atoms with van der Waals surface area (Å²) in [6, 6.07) is 7.02. The maximum absolute atomic E-state index is 3.32. The molecule has 2 saturated carbocycles. The van der Waals surface area contributed by atoms with Crippen LogP contribution in [0.25, 0.3) is 0 Å². The van der Waals surface area contributed by atoms with Gasteiger partial charge in [0.2, 0.25) is 0 Å². The fraction of sp³-hybridized carbons (Fsp3) is 0.571. The van der Waals surface area contributed by atoms with Gasteiger partial charge in [-0.1, -0.05) is 12.1 Å². The van der Waals surface area contributed by atoms with Gasteiger partial charge in [0.05, 0.1) is 0 Å². The molecule has 1 aromatic carbocycles. The molecule has 0 unspecified atom stereocenters. The summed E-state index contributed by atoms with van der Waals surface area (Å²) in [6.45, 7) is 0. The number of hydrogen-bond donors (Lipinski definition) is 1. The van der Waals surface area contributed by atoms with Gasteiger partial charge in [0.25, 0.3) is 0 Å². The summed E-state index contributed by atoms with van der Waals surface area (Å²) in [7, 11) is 2.03. The molecule has 1 nitrogen and oxygen atoms in total. The van der Waals surface area contributed by atoms with E-state index in [0.717, 1.165) is 11.8 Å². The Balaban J connectivity index is 1.87. The average Bonchev–Trinajstić information content (AvgIpc) is 3.11. The summed E-state index contributed by atoms with van der Waals surface area (Å²) >= 11 is 0. The van der Waals surface area contributed by atoms with Crippen LogP contribution in [-0.4, -0.2) is 7.05 Å². The van der Waals surface area contributed by atoms with Crippen molar-refractivity contribution >= 4 is 5.69 Å². The third kappa shape index (κ3) is 2.01. The molecule has 0 heterocycles. The fourth-order valence-electron chi connectivity index (χ4n) is 2.33. The molecule has 0 aliphatic heterocycles. The molecular weight excluding hydrogens is 182 g/mol. The standard InChI is InChI=1S/C14H19N/c1-15-14-7-6-12(11-4-5-11)9-13(14)8-10-2-3-10/h6-7,9-11,15H,2-5,8H2,1H3. The third-order valence-corrected chi connectivity index (χ3v) is 3.65. The van der Waals surface area contributed by atoms with Gasteiger partial charge in [-0.25, -0.2) is 0 Å². The van der Waals surface area contributed by atoms with Gasteiger partial charge >= 0.3 is 0 Å². The number of anilines is 1. The molecule has 80 valence electrons. The lowest BCUT2D eigenvalue weighted by Crippen LogP contribution is -1.98. The van der Waals surface area contributed by atoms with Crippen LogP contribution in [0.5, 0.6) is 0 Å². The largest absolute Gasteiger partial charge is 0.388 e. The van der Waals surface area contributed by atoms with Crippen molar-refractivity contribution in [2.45, 2.75) is 38.0 Å². The monoisotopic (exact) mass is 201 g/mol. The highest BCUT2D eigenvalue weighted by Gasteiger charge is 2.26. The lowest BCUT2D eigenvalue weighted by Gasteiger charge is -2.10. The first kappa shape index (κ1) is 9.26. The zero-order valence-corrected chi connectivity index (χ0v) is 9.42. The molecule has 0 amide bonds. The molecule has 1 heteroatoms. The Morgan fingerprint density at radius 2 is 2.00 bits per heavy atom. The summed E-state index contributed by atoms with van der Waals surface area (Å²) in [6.07, 6.45) is 6.98. The molecule has 2 fully saturated rings. The quantitative estimate of drug-likeness (QED) is 0.785. The Morgan fingerprint density at radius 1 is 1.20 bits per heavy atom. The predicted octanol–water partition coefficient (Wildman–Crippen LogP) is 3.56. The first-order valence-electron chi connectivity index (χ1n) is 6.17. The van der Waals surface area contributed by atoms with Crippen LogP contribution in [0.15, 0.2) is 18.2 Å². The van der Waals surface area contributed by atoms with Gasteiger partial charge in [-0.05, 0) is 61.1 Å². The van der Waals surface area contributed by atoms with Crippen molar-refractivity contribution in [2.24, 2.45) is 5.92 Å². The van der Waals surface area contributed by atoms with Crippen LogP contribution in [0.2, 0.25) is 0 Å². The molecule has 2 aliphatic rings. The lowest BCUT2D eigenvalue weighted by atomic mass is 10.0. The molecule has 3 rings (SSSR count). The van der Waals surface area contributed by atoms with Crippen LogP contribution < -0.4 is 5.32 Å². The van der Waals surface area contributed by atoms with Crippen molar-refractivity contribution in [3.63, 3.8) is 0 Å². The minimum atomic E-state index is 0.883. The maximum Gasteiger partial charge on any atom is 0.0370 e. The first-order valence-corrected chi connectivity index (χ1v) is 6.17. The molecule has 0 bridgehead atoms. The number of rotatable bonds is 4. The highest BCUT2D eigenvalue weighted by atomic mass is 14.8. The van der Waals surface area contributed by atoms with E-state index >= 15 is 0 Å². The van der Waals surface area contributed by atoms with Crippen LogP contribution in [0.1, 0.15) is 42.7 Å². The first-order chi connectivity index (χ1) is 7.36. The summed E-state index contributed by atoms with van der Waals surface area (Å²) in [5.74, 6) is 1.86. The van der Waals surface area contributed by atoms with Gasteiger partial charge in [0.15, 0.2) is 0 Å². The Hall–Kier alpha value is -0.980. The second-order valence-corrected chi connectivity index (χ2v) is 5.09. The lowest BCUT2D eigenvalue weighted by molar-refractivity contribution is 0.831. The van der Waals surface area contributed by atoms with E-state index in [1.807, 2.05) is 7.05 Å². The number of nitrogens with one attached hydrogen (secondary N) is 1. The smallest absolute Gasteiger partial charge is 0.0370 e. The Bertz CT molecular complexity index is 362. The molecule has 0 spiro atoms. The molecule has 0 aromatic heterocycles. The highest BCUT2D eigenvalue weighted by molar-refractivity contribution is 5.53. The Kier molecular flexibility index (Phi) is 2.19. The zero-order chi connectivity index (χ0) is 10.3. The van der Waals surface area contributed by atoms with Crippen molar-refractivity contribution in [1.29, 1.82) is 0 Å². The molecular formula is C14H19N. The van der Waals surface area contributed by atoms with Gasteiger partial charge < -0.3 is 5.32 Å². The van der Waals surface area contributed by atoms with Crippen LogP contribution in [0.3, 0.4) is 0 Å². The SMILES string of the molecule is CNc1ccc(C2CC2)cc1CC1CC1. The second kappa shape index (κ2) is 3.55. The van der Waals surface area contributed by atoms with E-state index in [0.29, 0.717) is 0 Å². The van der Waals surface area contributed by atoms with E-state index in [9.17, 15) is 0 Å². The zero-order valence-electron chi connectivity index (χ0n) is 9.42. The maximum atomic E-state index is 3.32. The van der Waals surface area contributed by atoms with E-state index in [1.165, 1.54) is 37.8 Å². The topological polar surface area (TPSA) is 12.0 Å². The van der Waals surface area contributed by atoms with Crippen molar-refractivity contribution in [3.05, 3.63) is 29.3 Å². The van der Waals surface area contributed by atoms with E-state index in [1.54, 1.807) is 11.1 Å². The van der Waals surface area contributed by atoms with E-state index in [2.05, 4.69) is 23.5 Å². The van der Waals surface area contributed by atoms with Crippen molar-refractivity contribution in [2.75, 3.05) is 12.4 Å². The summed E-state index contributed by atoms with van der Waals surface area (Å²) in [5, 5.41) is 3.32.